The molecule has 2 nitrogen and oxygen atoms in total. The van der Waals surface area contributed by atoms with Crippen molar-refractivity contribution in [3.63, 3.8) is 0 Å². The van der Waals surface area contributed by atoms with Gasteiger partial charge in [0.1, 0.15) is 17.2 Å². The van der Waals surface area contributed by atoms with E-state index in [4.69, 9.17) is 10.2 Å². The van der Waals surface area contributed by atoms with Crippen LogP contribution in [0, 0.1) is 12.7 Å². The third-order valence-corrected chi connectivity index (χ3v) is 5.32. The van der Waals surface area contributed by atoms with Crippen LogP contribution < -0.4 is 5.73 Å². The van der Waals surface area contributed by atoms with E-state index in [9.17, 15) is 4.39 Å². The molecule has 0 saturated carbocycles. The molecule has 0 aliphatic heterocycles. The molecule has 2 N–H and O–H groups in total. The molecule has 0 amide bonds. The largest absolute Gasteiger partial charge is 0.459 e. The van der Waals surface area contributed by atoms with Gasteiger partial charge in [-0.05, 0) is 52.5 Å². The number of halogens is 2. The van der Waals surface area contributed by atoms with Crippen LogP contribution in [0.3, 0.4) is 0 Å². The molecule has 1 aromatic carbocycles. The smallest absolute Gasteiger partial charge is 0.134 e. The van der Waals surface area contributed by atoms with E-state index < -0.39 is 0 Å². The van der Waals surface area contributed by atoms with Gasteiger partial charge in [-0.15, -0.1) is 11.3 Å². The summed E-state index contributed by atoms with van der Waals surface area (Å²) in [6, 6.07) is 6.31. The Morgan fingerprint density at radius 3 is 2.90 bits per heavy atom. The Balaban J connectivity index is 1.97. The predicted molar refractivity (Wildman–Crippen MR) is 83.6 cm³/mol. The van der Waals surface area contributed by atoms with E-state index in [1.54, 1.807) is 17.4 Å². The highest BCUT2D eigenvalue weighted by atomic mass is 79.9. The Hall–Kier alpha value is -1.17. The monoisotopic (exact) mass is 353 g/mol. The van der Waals surface area contributed by atoms with E-state index in [2.05, 4.69) is 15.9 Å². The van der Waals surface area contributed by atoms with Crippen molar-refractivity contribution in [1.29, 1.82) is 0 Å². The summed E-state index contributed by atoms with van der Waals surface area (Å²) in [6.45, 7) is 1.92. The molecule has 104 valence electrons. The normalized spacial score (nSPS) is 13.0. The zero-order valence-corrected chi connectivity index (χ0v) is 13.2. The summed E-state index contributed by atoms with van der Waals surface area (Å²) < 4.78 is 20.2. The number of benzene rings is 1. The Labute approximate surface area is 128 Å². The van der Waals surface area contributed by atoms with E-state index in [-0.39, 0.29) is 11.9 Å². The number of nitrogens with two attached hydrogens (primary N) is 1. The molecule has 3 rings (SSSR count). The maximum absolute atomic E-state index is 13.3. The molecule has 0 radical (unpaired) electrons. The Morgan fingerprint density at radius 2 is 2.20 bits per heavy atom. The molecule has 2 heterocycles. The summed E-state index contributed by atoms with van der Waals surface area (Å²) in [4.78, 5) is 1.18. The number of rotatable bonds is 3. The first-order valence-corrected chi connectivity index (χ1v) is 7.89. The zero-order valence-electron chi connectivity index (χ0n) is 10.8. The summed E-state index contributed by atoms with van der Waals surface area (Å²) in [6.07, 6.45) is 0.696. The van der Waals surface area contributed by atoms with Crippen LogP contribution in [0.25, 0.3) is 11.0 Å². The number of hydrogen-bond acceptors (Lipinski definition) is 3. The standard InChI is InChI=1S/C15H13BrFNOS/c1-8-10-6-9(17)2-3-13(10)19-15(8)12(18)7-14-11(16)4-5-20-14/h2-6,12H,7,18H2,1H3. The first-order valence-electron chi connectivity index (χ1n) is 6.22. The van der Waals surface area contributed by atoms with Gasteiger partial charge in [0.05, 0.1) is 6.04 Å². The van der Waals surface area contributed by atoms with Crippen LogP contribution in [0.4, 0.5) is 4.39 Å². The minimum atomic E-state index is -0.262. The van der Waals surface area contributed by atoms with Crippen LogP contribution in [-0.2, 0) is 6.42 Å². The fourth-order valence-corrected chi connectivity index (χ4v) is 3.90. The summed E-state index contributed by atoms with van der Waals surface area (Å²) in [5.74, 6) is 0.466. The van der Waals surface area contributed by atoms with Crippen molar-refractivity contribution in [2.24, 2.45) is 5.73 Å². The number of furan rings is 1. The minimum absolute atomic E-state index is 0.236. The van der Waals surface area contributed by atoms with Crippen molar-refractivity contribution in [1.82, 2.24) is 0 Å². The summed E-state index contributed by atoms with van der Waals surface area (Å²) >= 11 is 5.16. The fourth-order valence-electron chi connectivity index (χ4n) is 2.33. The molecule has 0 aliphatic carbocycles. The molecule has 2 aromatic heterocycles. The lowest BCUT2D eigenvalue weighted by Crippen LogP contribution is -2.13. The number of fused-ring (bicyclic) bond motifs is 1. The second-order valence-corrected chi connectivity index (χ2v) is 6.59. The maximum atomic E-state index is 13.3. The number of aryl methyl sites for hydroxylation is 1. The van der Waals surface area contributed by atoms with Crippen molar-refractivity contribution in [2.75, 3.05) is 0 Å². The highest BCUT2D eigenvalue weighted by Crippen LogP contribution is 2.33. The lowest BCUT2D eigenvalue weighted by molar-refractivity contribution is 0.491. The average Bonchev–Trinajstić information content (AvgIpc) is 2.95. The summed E-state index contributed by atoms with van der Waals surface area (Å²) in [5, 5.41) is 2.81. The maximum Gasteiger partial charge on any atom is 0.134 e. The van der Waals surface area contributed by atoms with Crippen molar-refractivity contribution in [3.8, 4) is 0 Å². The van der Waals surface area contributed by atoms with Gasteiger partial charge < -0.3 is 10.2 Å². The Morgan fingerprint density at radius 1 is 1.40 bits per heavy atom. The van der Waals surface area contributed by atoms with Gasteiger partial charge in [-0.25, -0.2) is 4.39 Å². The quantitative estimate of drug-likeness (QED) is 0.723. The molecule has 0 bridgehead atoms. The van der Waals surface area contributed by atoms with Gasteiger partial charge in [0.2, 0.25) is 0 Å². The Bertz CT molecular complexity index is 764. The third-order valence-electron chi connectivity index (χ3n) is 3.37. The lowest BCUT2D eigenvalue weighted by Gasteiger charge is -2.09. The molecule has 3 aromatic rings. The van der Waals surface area contributed by atoms with E-state index in [0.717, 1.165) is 21.2 Å². The highest BCUT2D eigenvalue weighted by molar-refractivity contribution is 9.10. The van der Waals surface area contributed by atoms with Crippen LogP contribution in [0.2, 0.25) is 0 Å². The van der Waals surface area contributed by atoms with Gasteiger partial charge in [0.15, 0.2) is 0 Å². The minimum Gasteiger partial charge on any atom is -0.459 e. The molecule has 0 fully saturated rings. The van der Waals surface area contributed by atoms with Crippen LogP contribution >= 0.6 is 27.3 Å². The highest BCUT2D eigenvalue weighted by Gasteiger charge is 2.19. The first kappa shape index (κ1) is 13.8. The molecule has 1 atom stereocenters. The van der Waals surface area contributed by atoms with Crippen LogP contribution in [0.15, 0.2) is 38.5 Å². The SMILES string of the molecule is Cc1c(C(N)Cc2sccc2Br)oc2ccc(F)cc12. The molecule has 0 spiro atoms. The average molecular weight is 354 g/mol. The van der Waals surface area contributed by atoms with E-state index in [0.29, 0.717) is 12.0 Å². The van der Waals surface area contributed by atoms with Gasteiger partial charge >= 0.3 is 0 Å². The molecular formula is C15H13BrFNOS. The molecule has 0 aliphatic rings. The molecular weight excluding hydrogens is 341 g/mol. The van der Waals surface area contributed by atoms with Gasteiger partial charge in [-0.2, -0.15) is 0 Å². The van der Waals surface area contributed by atoms with Crippen molar-refractivity contribution >= 4 is 38.2 Å². The second kappa shape index (κ2) is 5.31. The van der Waals surface area contributed by atoms with Gasteiger partial charge in [-0.1, -0.05) is 0 Å². The topological polar surface area (TPSA) is 39.2 Å². The van der Waals surface area contributed by atoms with E-state index >= 15 is 0 Å². The van der Waals surface area contributed by atoms with Gasteiger partial charge in [0, 0.05) is 26.7 Å². The van der Waals surface area contributed by atoms with E-state index in [1.165, 1.54) is 17.0 Å². The first-order chi connectivity index (χ1) is 9.56. The number of hydrogen-bond donors (Lipinski definition) is 1. The van der Waals surface area contributed by atoms with Crippen molar-refractivity contribution < 1.29 is 8.81 Å². The molecule has 0 saturated heterocycles. The summed E-state index contributed by atoms with van der Waals surface area (Å²) in [5.41, 5.74) is 7.85. The van der Waals surface area contributed by atoms with E-state index in [1.807, 2.05) is 18.4 Å². The Kier molecular flexibility index (Phi) is 3.67. The van der Waals surface area contributed by atoms with Crippen molar-refractivity contribution in [3.05, 3.63) is 56.1 Å². The third kappa shape index (κ3) is 2.41. The lowest BCUT2D eigenvalue weighted by atomic mass is 10.1. The second-order valence-electron chi connectivity index (χ2n) is 4.73. The molecule has 5 heteroatoms. The summed E-state index contributed by atoms with van der Waals surface area (Å²) in [7, 11) is 0. The van der Waals surface area contributed by atoms with Crippen LogP contribution in [-0.4, -0.2) is 0 Å². The van der Waals surface area contributed by atoms with Crippen LogP contribution in [0.5, 0.6) is 0 Å². The van der Waals surface area contributed by atoms with Gasteiger partial charge in [-0.3, -0.25) is 0 Å². The molecule has 1 unspecified atom stereocenters. The van der Waals surface area contributed by atoms with Crippen molar-refractivity contribution in [2.45, 2.75) is 19.4 Å². The van der Waals surface area contributed by atoms with Gasteiger partial charge in [0.25, 0.3) is 0 Å². The number of thiophene rings is 1. The van der Waals surface area contributed by atoms with Crippen LogP contribution in [0.1, 0.15) is 22.2 Å². The zero-order chi connectivity index (χ0) is 14.3. The predicted octanol–water partition coefficient (Wildman–Crippen LogP) is 4.95. The fraction of sp³-hybridized carbons (Fsp3) is 0.200. The molecule has 20 heavy (non-hydrogen) atoms.